The van der Waals surface area contributed by atoms with E-state index in [0.717, 1.165) is 19.5 Å². The summed E-state index contributed by atoms with van der Waals surface area (Å²) in [5.41, 5.74) is 0. The third kappa shape index (κ3) is 1.85. The molecular weight excluding hydrogens is 335 g/mol. The Kier molecular flexibility index (Phi) is 3.64. The van der Waals surface area contributed by atoms with Crippen LogP contribution in [0.3, 0.4) is 0 Å². The molecule has 0 saturated heterocycles. The third-order valence-corrected chi connectivity index (χ3v) is 2.90. The Morgan fingerprint density at radius 1 is 1.17 bits per heavy atom. The number of rotatable bonds is 2. The van der Waals surface area contributed by atoms with E-state index in [9.17, 15) is 0 Å². The number of methoxy groups -OCH3 is 2. The van der Waals surface area contributed by atoms with Crippen LogP contribution in [0.25, 0.3) is 0 Å². The molecule has 1 aromatic carbocycles. The minimum atomic E-state index is 0.740. The quantitative estimate of drug-likeness (QED) is 0.769. The first-order valence-electron chi connectivity index (χ1n) is 3.26. The van der Waals surface area contributed by atoms with Crippen molar-refractivity contribution in [2.75, 3.05) is 14.2 Å². The topological polar surface area (TPSA) is 18.5 Å². The normalized spacial score (nSPS) is 9.67. The average molecular weight is 343 g/mol. The lowest BCUT2D eigenvalue weighted by Gasteiger charge is -2.10. The second-order valence-corrected chi connectivity index (χ2v) is 4.11. The van der Waals surface area contributed by atoms with Crippen molar-refractivity contribution in [2.45, 2.75) is 0 Å². The molecule has 0 amide bonds. The van der Waals surface area contributed by atoms with Crippen LogP contribution in [0, 0.1) is 3.57 Å². The van der Waals surface area contributed by atoms with Crippen molar-refractivity contribution >= 4 is 38.5 Å². The van der Waals surface area contributed by atoms with E-state index in [4.69, 9.17) is 9.47 Å². The molecule has 0 heterocycles. The number of ether oxygens (including phenoxy) is 2. The lowest BCUT2D eigenvalue weighted by atomic mass is 10.3. The summed E-state index contributed by atoms with van der Waals surface area (Å²) in [4.78, 5) is 0. The lowest BCUT2D eigenvalue weighted by Crippen LogP contribution is -1.93. The largest absolute Gasteiger partial charge is 0.492 e. The molecule has 0 radical (unpaired) electrons. The fourth-order valence-corrected chi connectivity index (χ4v) is 2.01. The first kappa shape index (κ1) is 10.1. The smallest absolute Gasteiger partial charge is 0.176 e. The molecule has 0 aliphatic carbocycles. The average Bonchev–Trinajstić information content (AvgIpc) is 2.08. The van der Waals surface area contributed by atoms with Crippen molar-refractivity contribution in [3.05, 3.63) is 20.2 Å². The summed E-state index contributed by atoms with van der Waals surface area (Å²) >= 11 is 5.57. The standard InChI is InChI=1S/C8H8BrIO2/c1-11-7-5(9)3-4-6(10)8(7)12-2/h3-4H,1-2H3. The summed E-state index contributed by atoms with van der Waals surface area (Å²) in [6, 6.07) is 3.90. The molecule has 1 rings (SSSR count). The molecule has 0 fully saturated rings. The molecule has 1 aromatic rings. The molecule has 0 aliphatic heterocycles. The van der Waals surface area contributed by atoms with E-state index in [1.165, 1.54) is 0 Å². The molecule has 4 heteroatoms. The molecule has 0 N–H and O–H groups in total. The Bertz CT molecular complexity index is 260. The molecule has 0 spiro atoms. The van der Waals surface area contributed by atoms with Crippen LogP contribution in [0.4, 0.5) is 0 Å². The highest BCUT2D eigenvalue weighted by atomic mass is 127. The van der Waals surface area contributed by atoms with Crippen molar-refractivity contribution in [3.8, 4) is 11.5 Å². The first-order valence-corrected chi connectivity index (χ1v) is 5.14. The van der Waals surface area contributed by atoms with Crippen LogP contribution >= 0.6 is 38.5 Å². The van der Waals surface area contributed by atoms with E-state index < -0.39 is 0 Å². The van der Waals surface area contributed by atoms with Gasteiger partial charge < -0.3 is 9.47 Å². The zero-order chi connectivity index (χ0) is 9.14. The number of hydrogen-bond donors (Lipinski definition) is 0. The van der Waals surface area contributed by atoms with Gasteiger partial charge in [-0.2, -0.15) is 0 Å². The van der Waals surface area contributed by atoms with Gasteiger partial charge >= 0.3 is 0 Å². The maximum absolute atomic E-state index is 5.19. The molecule has 0 aliphatic rings. The van der Waals surface area contributed by atoms with Gasteiger partial charge in [0.1, 0.15) is 0 Å². The van der Waals surface area contributed by atoms with Crippen molar-refractivity contribution in [2.24, 2.45) is 0 Å². The van der Waals surface area contributed by atoms with Gasteiger partial charge in [-0.3, -0.25) is 0 Å². The van der Waals surface area contributed by atoms with Crippen LogP contribution in [-0.2, 0) is 0 Å². The summed E-state index contributed by atoms with van der Waals surface area (Å²) in [5.74, 6) is 1.51. The van der Waals surface area contributed by atoms with Crippen molar-refractivity contribution in [1.82, 2.24) is 0 Å². The zero-order valence-corrected chi connectivity index (χ0v) is 10.5. The van der Waals surface area contributed by atoms with Crippen molar-refractivity contribution in [1.29, 1.82) is 0 Å². The second-order valence-electron chi connectivity index (χ2n) is 2.10. The molecule has 0 unspecified atom stereocenters. The summed E-state index contributed by atoms with van der Waals surface area (Å²) in [6.07, 6.45) is 0. The van der Waals surface area contributed by atoms with Crippen LogP contribution in [0.5, 0.6) is 11.5 Å². The van der Waals surface area contributed by atoms with E-state index in [-0.39, 0.29) is 0 Å². The minimum absolute atomic E-state index is 0.740. The van der Waals surface area contributed by atoms with Crippen LogP contribution in [0.15, 0.2) is 16.6 Å². The maximum Gasteiger partial charge on any atom is 0.176 e. The Morgan fingerprint density at radius 3 is 2.17 bits per heavy atom. The van der Waals surface area contributed by atoms with Gasteiger partial charge in [0, 0.05) is 0 Å². The summed E-state index contributed by atoms with van der Waals surface area (Å²) < 4.78 is 12.3. The monoisotopic (exact) mass is 342 g/mol. The first-order chi connectivity index (χ1) is 5.70. The molecule has 12 heavy (non-hydrogen) atoms. The fourth-order valence-electron chi connectivity index (χ4n) is 0.895. The second kappa shape index (κ2) is 4.32. The molecular formula is C8H8BrIO2. The van der Waals surface area contributed by atoms with Gasteiger partial charge in [0.2, 0.25) is 0 Å². The Hall–Kier alpha value is 0.0300. The summed E-state index contributed by atoms with van der Waals surface area (Å²) in [5, 5.41) is 0. The highest BCUT2D eigenvalue weighted by Gasteiger charge is 2.10. The highest BCUT2D eigenvalue weighted by molar-refractivity contribution is 14.1. The van der Waals surface area contributed by atoms with Crippen molar-refractivity contribution < 1.29 is 9.47 Å². The van der Waals surface area contributed by atoms with E-state index in [1.54, 1.807) is 14.2 Å². The fraction of sp³-hybridized carbons (Fsp3) is 0.250. The zero-order valence-electron chi connectivity index (χ0n) is 6.73. The van der Waals surface area contributed by atoms with E-state index in [2.05, 4.69) is 38.5 Å². The maximum atomic E-state index is 5.19. The Balaban J connectivity index is 3.28. The van der Waals surface area contributed by atoms with Crippen LogP contribution in [-0.4, -0.2) is 14.2 Å². The molecule has 0 bridgehead atoms. The predicted molar refractivity (Wildman–Crippen MR) is 60.0 cm³/mol. The van der Waals surface area contributed by atoms with Crippen LogP contribution < -0.4 is 9.47 Å². The molecule has 0 saturated carbocycles. The third-order valence-electron chi connectivity index (χ3n) is 1.42. The molecule has 0 aromatic heterocycles. The van der Waals surface area contributed by atoms with E-state index in [0.29, 0.717) is 0 Å². The number of benzene rings is 1. The summed E-state index contributed by atoms with van der Waals surface area (Å²) in [7, 11) is 3.26. The Morgan fingerprint density at radius 2 is 1.75 bits per heavy atom. The highest BCUT2D eigenvalue weighted by Crippen LogP contribution is 2.38. The minimum Gasteiger partial charge on any atom is -0.492 e. The van der Waals surface area contributed by atoms with Gasteiger partial charge in [-0.1, -0.05) is 0 Å². The lowest BCUT2D eigenvalue weighted by molar-refractivity contribution is 0.351. The van der Waals surface area contributed by atoms with Gasteiger partial charge in [-0.15, -0.1) is 0 Å². The van der Waals surface area contributed by atoms with Gasteiger partial charge in [0.25, 0.3) is 0 Å². The van der Waals surface area contributed by atoms with Crippen LogP contribution in [0.1, 0.15) is 0 Å². The Labute approximate surface area is 93.5 Å². The van der Waals surface area contributed by atoms with Gasteiger partial charge in [0.05, 0.1) is 22.3 Å². The molecule has 66 valence electrons. The predicted octanol–water partition coefficient (Wildman–Crippen LogP) is 3.07. The number of halogens is 2. The molecule has 2 nitrogen and oxygen atoms in total. The summed E-state index contributed by atoms with van der Waals surface area (Å²) in [6.45, 7) is 0. The SMILES string of the molecule is COc1c(Br)ccc(I)c1OC. The van der Waals surface area contributed by atoms with Crippen molar-refractivity contribution in [3.63, 3.8) is 0 Å². The van der Waals surface area contributed by atoms with E-state index >= 15 is 0 Å². The number of hydrogen-bond acceptors (Lipinski definition) is 2. The van der Waals surface area contributed by atoms with Crippen LogP contribution in [0.2, 0.25) is 0 Å². The van der Waals surface area contributed by atoms with Gasteiger partial charge in [0.15, 0.2) is 11.5 Å². The van der Waals surface area contributed by atoms with Gasteiger partial charge in [-0.25, -0.2) is 0 Å². The molecule has 0 atom stereocenters. The van der Waals surface area contributed by atoms with E-state index in [1.807, 2.05) is 12.1 Å². The van der Waals surface area contributed by atoms with Gasteiger partial charge in [-0.05, 0) is 50.7 Å².